The molecule has 4 nitrogen and oxygen atoms in total. The van der Waals surface area contributed by atoms with Gasteiger partial charge in [-0.2, -0.15) is 0 Å². The van der Waals surface area contributed by atoms with Gasteiger partial charge in [0, 0.05) is 40.9 Å². The Hall–Kier alpha value is -2.27. The van der Waals surface area contributed by atoms with Crippen LogP contribution < -0.4 is 0 Å². The number of nitrogens with zero attached hydrogens (tertiary/aromatic N) is 3. The lowest BCUT2D eigenvalue weighted by Gasteiger charge is -2.42. The fraction of sp³-hybridized carbons (Fsp3) is 0.273. The molecule has 1 N–H and O–H groups in total. The lowest BCUT2D eigenvalue weighted by atomic mass is 9.77. The van der Waals surface area contributed by atoms with Crippen LogP contribution in [0.3, 0.4) is 0 Å². The Balaban J connectivity index is 1.92. The first-order valence-corrected chi connectivity index (χ1v) is 9.60. The smallest absolute Gasteiger partial charge is 0.137 e. The van der Waals surface area contributed by atoms with E-state index in [1.165, 1.54) is 0 Å². The van der Waals surface area contributed by atoms with E-state index < -0.39 is 5.60 Å². The molecular weight excluding hydrogens is 358 g/mol. The molecule has 1 fully saturated rings. The minimum Gasteiger partial charge on any atom is -0.378 e. The molecule has 3 aromatic rings. The highest BCUT2D eigenvalue weighted by Gasteiger charge is 2.45. The molecule has 4 rings (SSSR count). The Labute approximate surface area is 164 Å². The van der Waals surface area contributed by atoms with Crippen LogP contribution in [-0.2, 0) is 5.60 Å². The van der Waals surface area contributed by atoms with E-state index in [4.69, 9.17) is 11.6 Å². The summed E-state index contributed by atoms with van der Waals surface area (Å²) in [6.45, 7) is 1.88. The van der Waals surface area contributed by atoms with Crippen molar-refractivity contribution in [3.05, 3.63) is 95.0 Å². The molecule has 0 amide bonds. The third-order valence-corrected chi connectivity index (χ3v) is 5.54. The number of halogens is 1. The molecule has 1 unspecified atom stereocenters. The van der Waals surface area contributed by atoms with E-state index in [0.29, 0.717) is 5.02 Å². The second-order valence-corrected chi connectivity index (χ2v) is 7.38. The van der Waals surface area contributed by atoms with Crippen molar-refractivity contribution in [2.75, 3.05) is 13.1 Å². The highest BCUT2D eigenvalue weighted by atomic mass is 35.5. The molecule has 5 heteroatoms. The summed E-state index contributed by atoms with van der Waals surface area (Å²) in [4.78, 5) is 10.9. The number of pyridine rings is 2. The molecule has 3 heterocycles. The van der Waals surface area contributed by atoms with Gasteiger partial charge in [-0.25, -0.2) is 0 Å². The van der Waals surface area contributed by atoms with Gasteiger partial charge in [0.05, 0.1) is 6.04 Å². The van der Waals surface area contributed by atoms with Crippen LogP contribution in [0.1, 0.15) is 35.6 Å². The number of hydrogen-bond donors (Lipinski definition) is 1. The van der Waals surface area contributed by atoms with Crippen LogP contribution in [0, 0.1) is 0 Å². The van der Waals surface area contributed by atoms with Crippen molar-refractivity contribution in [2.24, 2.45) is 0 Å². The van der Waals surface area contributed by atoms with Crippen molar-refractivity contribution in [1.82, 2.24) is 14.9 Å². The van der Waals surface area contributed by atoms with E-state index in [2.05, 4.69) is 14.9 Å². The van der Waals surface area contributed by atoms with Crippen LogP contribution in [0.4, 0.5) is 0 Å². The standard InChI is InChI=1S/C22H22ClN3O/c23-20-9-7-17(8-10-20)21(26-13-1-2-14-26)22(27,18-5-3-11-24-15-18)19-6-4-12-25-16-19/h3-12,15-16,21,27H,1-2,13-14H2. The molecule has 0 spiro atoms. The van der Waals surface area contributed by atoms with Crippen molar-refractivity contribution in [2.45, 2.75) is 24.5 Å². The molecule has 1 atom stereocenters. The van der Waals surface area contributed by atoms with Crippen LogP contribution in [0.5, 0.6) is 0 Å². The Morgan fingerprint density at radius 1 is 0.889 bits per heavy atom. The molecule has 2 aromatic heterocycles. The van der Waals surface area contributed by atoms with Gasteiger partial charge in [0.15, 0.2) is 0 Å². The monoisotopic (exact) mass is 379 g/mol. The van der Waals surface area contributed by atoms with Crippen LogP contribution in [0.15, 0.2) is 73.3 Å². The molecule has 1 saturated heterocycles. The lowest BCUT2D eigenvalue weighted by Crippen LogP contribution is -2.44. The summed E-state index contributed by atoms with van der Waals surface area (Å²) in [5.41, 5.74) is 1.26. The van der Waals surface area contributed by atoms with Crippen molar-refractivity contribution in [3.8, 4) is 0 Å². The molecule has 0 aliphatic carbocycles. The summed E-state index contributed by atoms with van der Waals surface area (Å²) in [6.07, 6.45) is 9.18. The first-order valence-electron chi connectivity index (χ1n) is 9.22. The number of likely N-dealkylation sites (tertiary alicyclic amines) is 1. The summed E-state index contributed by atoms with van der Waals surface area (Å²) in [5, 5.41) is 12.9. The van der Waals surface area contributed by atoms with Crippen LogP contribution in [-0.4, -0.2) is 33.1 Å². The zero-order valence-electron chi connectivity index (χ0n) is 15.0. The maximum atomic E-state index is 12.2. The van der Waals surface area contributed by atoms with Gasteiger partial charge in [0.2, 0.25) is 0 Å². The molecule has 27 heavy (non-hydrogen) atoms. The minimum atomic E-state index is -1.28. The van der Waals surface area contributed by atoms with Gasteiger partial charge >= 0.3 is 0 Å². The fourth-order valence-electron chi connectivity index (χ4n) is 4.02. The predicted molar refractivity (Wildman–Crippen MR) is 106 cm³/mol. The zero-order chi connectivity index (χ0) is 18.7. The highest BCUT2D eigenvalue weighted by Crippen LogP contribution is 2.45. The van der Waals surface area contributed by atoms with Gasteiger partial charge in [0.1, 0.15) is 5.60 Å². The molecule has 138 valence electrons. The zero-order valence-corrected chi connectivity index (χ0v) is 15.8. The average Bonchev–Trinajstić information content (AvgIpc) is 3.25. The number of aromatic nitrogens is 2. The summed E-state index contributed by atoms with van der Waals surface area (Å²) in [6, 6.07) is 15.1. The van der Waals surface area contributed by atoms with Crippen molar-refractivity contribution in [3.63, 3.8) is 0 Å². The first-order chi connectivity index (χ1) is 13.2. The molecular formula is C22H22ClN3O. The molecule has 1 aliphatic heterocycles. The van der Waals surface area contributed by atoms with Crippen LogP contribution in [0.25, 0.3) is 0 Å². The Morgan fingerprint density at radius 2 is 1.44 bits per heavy atom. The average molecular weight is 380 g/mol. The number of benzene rings is 1. The summed E-state index contributed by atoms with van der Waals surface area (Å²) < 4.78 is 0. The molecule has 0 radical (unpaired) electrons. The van der Waals surface area contributed by atoms with Gasteiger partial charge in [-0.3, -0.25) is 14.9 Å². The number of hydrogen-bond acceptors (Lipinski definition) is 4. The Bertz CT molecular complexity index is 826. The van der Waals surface area contributed by atoms with Gasteiger partial charge in [-0.05, 0) is 55.8 Å². The Kier molecular flexibility index (Phi) is 5.21. The molecule has 0 saturated carbocycles. The van der Waals surface area contributed by atoms with Gasteiger partial charge < -0.3 is 5.11 Å². The summed E-state index contributed by atoms with van der Waals surface area (Å²) in [7, 11) is 0. The van der Waals surface area contributed by atoms with E-state index in [0.717, 1.165) is 42.6 Å². The van der Waals surface area contributed by atoms with Crippen LogP contribution in [0.2, 0.25) is 5.02 Å². The normalized spacial score (nSPS) is 16.4. The van der Waals surface area contributed by atoms with Gasteiger partial charge in [-0.1, -0.05) is 35.9 Å². The number of rotatable bonds is 5. The summed E-state index contributed by atoms with van der Waals surface area (Å²) >= 11 is 6.13. The van der Waals surface area contributed by atoms with Gasteiger partial charge in [0.25, 0.3) is 0 Å². The third-order valence-electron chi connectivity index (χ3n) is 5.29. The third kappa shape index (κ3) is 3.48. The quantitative estimate of drug-likeness (QED) is 0.721. The minimum absolute atomic E-state index is 0.259. The van der Waals surface area contributed by atoms with E-state index in [1.807, 2.05) is 48.5 Å². The van der Waals surface area contributed by atoms with E-state index in [1.54, 1.807) is 24.8 Å². The van der Waals surface area contributed by atoms with Crippen molar-refractivity contribution < 1.29 is 5.11 Å². The van der Waals surface area contributed by atoms with E-state index in [-0.39, 0.29) is 6.04 Å². The predicted octanol–water partition coefficient (Wildman–Crippen LogP) is 4.20. The van der Waals surface area contributed by atoms with Crippen molar-refractivity contribution >= 4 is 11.6 Å². The largest absolute Gasteiger partial charge is 0.378 e. The maximum Gasteiger partial charge on any atom is 0.137 e. The fourth-order valence-corrected chi connectivity index (χ4v) is 4.15. The SMILES string of the molecule is OC(c1cccnc1)(c1cccnc1)C(c1ccc(Cl)cc1)N1CCCC1. The molecule has 1 aliphatic rings. The molecule has 1 aromatic carbocycles. The molecule has 0 bridgehead atoms. The first kappa shape index (κ1) is 18.1. The number of aliphatic hydroxyl groups is 1. The highest BCUT2D eigenvalue weighted by molar-refractivity contribution is 6.30. The summed E-state index contributed by atoms with van der Waals surface area (Å²) in [5.74, 6) is 0. The van der Waals surface area contributed by atoms with Gasteiger partial charge in [-0.15, -0.1) is 0 Å². The van der Waals surface area contributed by atoms with E-state index >= 15 is 0 Å². The van der Waals surface area contributed by atoms with Crippen molar-refractivity contribution in [1.29, 1.82) is 0 Å². The maximum absolute atomic E-state index is 12.2. The van der Waals surface area contributed by atoms with Crippen LogP contribution >= 0.6 is 11.6 Å². The topological polar surface area (TPSA) is 49.3 Å². The Morgan fingerprint density at radius 3 is 1.93 bits per heavy atom. The second kappa shape index (κ2) is 7.77. The lowest BCUT2D eigenvalue weighted by molar-refractivity contribution is -0.0152. The van der Waals surface area contributed by atoms with E-state index in [9.17, 15) is 5.11 Å². The second-order valence-electron chi connectivity index (χ2n) is 6.95.